The van der Waals surface area contributed by atoms with Gasteiger partial charge in [-0.1, -0.05) is 82.7 Å². The monoisotopic (exact) mass is 599 g/mol. The van der Waals surface area contributed by atoms with Crippen LogP contribution in [0.4, 0.5) is 4.79 Å². The number of rotatable bonds is 19. The van der Waals surface area contributed by atoms with Gasteiger partial charge in [-0.05, 0) is 56.7 Å². The van der Waals surface area contributed by atoms with Gasteiger partial charge in [0.25, 0.3) is 0 Å². The number of hydrogen-bond acceptors (Lipinski definition) is 8. The standard InChI is InChI=1S/C34H49NO8/c1-24(2)31-34(4,5)43-33(41)35(31)32(40)28(23-26-17-13-12-14-18-26)30(42-25(3)37)29(39)21-20-27(38)19-15-10-8-6-7-9-11-16-22-36/h12-14,17-18,20-21,24,28,30-31,36H,6-11,15-16,19,22-23H2,1-5H3/t28-,30-,31-/m1/s1. The summed E-state index contributed by atoms with van der Waals surface area (Å²) < 4.78 is 11.0. The summed E-state index contributed by atoms with van der Waals surface area (Å²) in [5, 5.41) is 8.83. The Morgan fingerprint density at radius 1 is 0.953 bits per heavy atom. The van der Waals surface area contributed by atoms with Crippen LogP contribution in [-0.2, 0) is 35.1 Å². The number of benzene rings is 1. The number of unbranched alkanes of at least 4 members (excludes halogenated alkanes) is 7. The zero-order valence-electron chi connectivity index (χ0n) is 26.4. The summed E-state index contributed by atoms with van der Waals surface area (Å²) in [5.74, 6) is -3.73. The van der Waals surface area contributed by atoms with Crippen molar-refractivity contribution in [1.29, 1.82) is 0 Å². The Morgan fingerprint density at radius 3 is 2.09 bits per heavy atom. The summed E-state index contributed by atoms with van der Waals surface area (Å²) in [5.41, 5.74) is -0.238. The molecule has 9 nitrogen and oxygen atoms in total. The molecule has 1 heterocycles. The van der Waals surface area contributed by atoms with E-state index < -0.39 is 47.4 Å². The van der Waals surface area contributed by atoms with Crippen molar-refractivity contribution in [3.63, 3.8) is 0 Å². The molecule has 238 valence electrons. The number of imide groups is 1. The summed E-state index contributed by atoms with van der Waals surface area (Å²) >= 11 is 0. The van der Waals surface area contributed by atoms with E-state index in [1.807, 2.05) is 19.9 Å². The SMILES string of the molecule is CC(=O)O[C@@H](C(=O)C=CC(=O)CCCCCCCCCCO)[C@@H](Cc1ccccc1)C(=O)N1C(=O)OC(C)(C)[C@H]1C(C)C. The van der Waals surface area contributed by atoms with Gasteiger partial charge < -0.3 is 14.6 Å². The number of cyclic esters (lactones) is 1. The summed E-state index contributed by atoms with van der Waals surface area (Å²) in [7, 11) is 0. The Bertz CT molecular complexity index is 1110. The lowest BCUT2D eigenvalue weighted by molar-refractivity contribution is -0.159. The first-order valence-corrected chi connectivity index (χ1v) is 15.5. The van der Waals surface area contributed by atoms with Crippen LogP contribution in [0.5, 0.6) is 0 Å². The predicted octanol–water partition coefficient (Wildman–Crippen LogP) is 5.76. The third kappa shape index (κ3) is 11.4. The molecule has 1 aliphatic rings. The van der Waals surface area contributed by atoms with Crippen LogP contribution >= 0.6 is 0 Å². The highest BCUT2D eigenvalue weighted by Gasteiger charge is 2.54. The van der Waals surface area contributed by atoms with Crippen LogP contribution in [0.1, 0.15) is 98.0 Å². The first kappa shape index (κ1) is 35.9. The number of carbonyl (C=O) groups is 5. The molecule has 1 aromatic rings. The molecule has 2 amide bonds. The lowest BCUT2D eigenvalue weighted by Gasteiger charge is -2.34. The van der Waals surface area contributed by atoms with Crippen molar-refractivity contribution in [3.05, 3.63) is 48.0 Å². The fraction of sp³-hybridized carbons (Fsp3) is 0.618. The quantitative estimate of drug-likeness (QED) is 0.121. The second-order valence-corrected chi connectivity index (χ2v) is 12.2. The smallest absolute Gasteiger partial charge is 0.417 e. The van der Waals surface area contributed by atoms with E-state index in [0.717, 1.165) is 62.8 Å². The summed E-state index contributed by atoms with van der Waals surface area (Å²) in [4.78, 5) is 66.3. The second-order valence-electron chi connectivity index (χ2n) is 12.2. The maximum absolute atomic E-state index is 14.1. The van der Waals surface area contributed by atoms with E-state index in [1.54, 1.807) is 38.1 Å². The molecule has 0 saturated carbocycles. The number of ketones is 2. The Kier molecular flexibility index (Phi) is 14.8. The van der Waals surface area contributed by atoms with E-state index in [4.69, 9.17) is 14.6 Å². The van der Waals surface area contributed by atoms with Gasteiger partial charge in [-0.15, -0.1) is 0 Å². The van der Waals surface area contributed by atoms with Gasteiger partial charge in [0.2, 0.25) is 5.91 Å². The van der Waals surface area contributed by atoms with E-state index in [2.05, 4.69) is 0 Å². The minimum Gasteiger partial charge on any atom is -0.453 e. The summed E-state index contributed by atoms with van der Waals surface area (Å²) in [6, 6.07) is 8.38. The normalized spacial score (nSPS) is 17.6. The average Bonchev–Trinajstić information content (AvgIpc) is 3.20. The van der Waals surface area contributed by atoms with Gasteiger partial charge in [-0.25, -0.2) is 9.69 Å². The third-order valence-corrected chi connectivity index (χ3v) is 7.73. The molecule has 0 bridgehead atoms. The number of amides is 2. The molecule has 43 heavy (non-hydrogen) atoms. The van der Waals surface area contributed by atoms with E-state index >= 15 is 0 Å². The van der Waals surface area contributed by atoms with Crippen LogP contribution in [0, 0.1) is 11.8 Å². The Labute approximate surface area is 256 Å². The summed E-state index contributed by atoms with van der Waals surface area (Å²) in [6.45, 7) is 8.60. The molecule has 0 spiro atoms. The lowest BCUT2D eigenvalue weighted by atomic mass is 9.85. The summed E-state index contributed by atoms with van der Waals surface area (Å²) in [6.07, 6.45) is 7.97. The van der Waals surface area contributed by atoms with Crippen LogP contribution in [0.3, 0.4) is 0 Å². The Morgan fingerprint density at radius 2 is 1.53 bits per heavy atom. The molecule has 2 rings (SSSR count). The van der Waals surface area contributed by atoms with E-state index in [0.29, 0.717) is 12.0 Å². The number of nitrogens with zero attached hydrogens (tertiary/aromatic N) is 1. The largest absolute Gasteiger partial charge is 0.453 e. The van der Waals surface area contributed by atoms with Crippen molar-refractivity contribution >= 4 is 29.5 Å². The number of aliphatic hydroxyl groups is 1. The van der Waals surface area contributed by atoms with Gasteiger partial charge >= 0.3 is 12.1 Å². The van der Waals surface area contributed by atoms with Gasteiger partial charge in [0.15, 0.2) is 17.7 Å². The van der Waals surface area contributed by atoms with Crippen molar-refractivity contribution in [2.75, 3.05) is 6.61 Å². The highest BCUT2D eigenvalue weighted by atomic mass is 16.6. The lowest BCUT2D eigenvalue weighted by Crippen LogP contribution is -2.53. The number of esters is 1. The van der Waals surface area contributed by atoms with Gasteiger partial charge in [-0.3, -0.25) is 19.2 Å². The van der Waals surface area contributed by atoms with Gasteiger partial charge in [-0.2, -0.15) is 0 Å². The van der Waals surface area contributed by atoms with Crippen LogP contribution < -0.4 is 0 Å². The number of carbonyl (C=O) groups excluding carboxylic acids is 5. The Hall–Kier alpha value is -3.33. The predicted molar refractivity (Wildman–Crippen MR) is 163 cm³/mol. The fourth-order valence-electron chi connectivity index (χ4n) is 5.80. The molecular formula is C34H49NO8. The van der Waals surface area contributed by atoms with Crippen LogP contribution in [0.15, 0.2) is 42.5 Å². The zero-order chi connectivity index (χ0) is 32.0. The van der Waals surface area contributed by atoms with Crippen molar-refractivity contribution in [2.24, 2.45) is 11.8 Å². The van der Waals surface area contributed by atoms with Crippen LogP contribution in [0.25, 0.3) is 0 Å². The average molecular weight is 600 g/mol. The molecule has 0 unspecified atom stereocenters. The molecule has 9 heteroatoms. The molecule has 0 aliphatic carbocycles. The number of hydrogen-bond donors (Lipinski definition) is 1. The topological polar surface area (TPSA) is 127 Å². The molecule has 0 radical (unpaired) electrons. The van der Waals surface area contributed by atoms with E-state index in [9.17, 15) is 24.0 Å². The molecule has 1 fully saturated rings. The fourth-order valence-corrected chi connectivity index (χ4v) is 5.80. The van der Waals surface area contributed by atoms with Crippen molar-refractivity contribution in [2.45, 2.75) is 117 Å². The van der Waals surface area contributed by atoms with Crippen LogP contribution in [-0.4, -0.2) is 63.9 Å². The van der Waals surface area contributed by atoms with Gasteiger partial charge in [0.1, 0.15) is 5.60 Å². The Balaban J connectivity index is 2.19. The highest BCUT2D eigenvalue weighted by molar-refractivity contribution is 6.05. The van der Waals surface area contributed by atoms with Gasteiger partial charge in [0, 0.05) is 20.0 Å². The second kappa shape index (κ2) is 17.7. The molecule has 3 atom stereocenters. The number of aliphatic hydroxyl groups excluding tert-OH is 1. The zero-order valence-corrected chi connectivity index (χ0v) is 26.4. The molecule has 1 aliphatic heterocycles. The van der Waals surface area contributed by atoms with Gasteiger partial charge in [0.05, 0.1) is 12.0 Å². The molecule has 0 aromatic heterocycles. The van der Waals surface area contributed by atoms with Crippen LogP contribution in [0.2, 0.25) is 0 Å². The minimum absolute atomic E-state index is 0.0279. The molecular weight excluding hydrogens is 550 g/mol. The third-order valence-electron chi connectivity index (χ3n) is 7.73. The van der Waals surface area contributed by atoms with Crippen molar-refractivity contribution in [3.8, 4) is 0 Å². The maximum atomic E-state index is 14.1. The number of ether oxygens (including phenoxy) is 2. The molecule has 1 aromatic carbocycles. The maximum Gasteiger partial charge on any atom is 0.417 e. The van der Waals surface area contributed by atoms with Crippen molar-refractivity contribution in [1.82, 2.24) is 4.90 Å². The highest BCUT2D eigenvalue weighted by Crippen LogP contribution is 2.36. The first-order valence-electron chi connectivity index (χ1n) is 15.5. The molecule has 1 saturated heterocycles. The number of allylic oxidation sites excluding steroid dienone is 1. The van der Waals surface area contributed by atoms with E-state index in [1.165, 1.54) is 6.08 Å². The minimum atomic E-state index is -1.54. The first-order chi connectivity index (χ1) is 20.4. The van der Waals surface area contributed by atoms with Crippen molar-refractivity contribution < 1.29 is 38.6 Å². The molecule has 1 N–H and O–H groups in total. The van der Waals surface area contributed by atoms with E-state index in [-0.39, 0.29) is 31.1 Å².